The molecule has 0 atom stereocenters. The molecule has 0 saturated carbocycles. The first-order valence-corrected chi connectivity index (χ1v) is 4.38. The van der Waals surface area contributed by atoms with E-state index in [0.717, 1.165) is 0 Å². The summed E-state index contributed by atoms with van der Waals surface area (Å²) < 4.78 is 9.61. The standard InChI is InChI=1S/C10H12O4/c1-3-13-10(12)6-9(11)8-4-5-14-7(8)2/h4-5H,3,6H2,1-2H3. The molecule has 0 aliphatic rings. The number of ether oxygens (including phenoxy) is 1. The molecule has 1 aromatic heterocycles. The average molecular weight is 196 g/mol. The van der Waals surface area contributed by atoms with Crippen molar-refractivity contribution in [2.45, 2.75) is 20.3 Å². The largest absolute Gasteiger partial charge is 0.469 e. The van der Waals surface area contributed by atoms with Crippen molar-refractivity contribution in [3.63, 3.8) is 0 Å². The molecule has 1 aromatic rings. The van der Waals surface area contributed by atoms with Crippen LogP contribution in [-0.4, -0.2) is 18.4 Å². The van der Waals surface area contributed by atoms with Crippen molar-refractivity contribution >= 4 is 11.8 Å². The minimum Gasteiger partial charge on any atom is -0.469 e. The molecule has 0 aliphatic heterocycles. The summed E-state index contributed by atoms with van der Waals surface area (Å²) in [6.07, 6.45) is 1.20. The second-order valence-electron chi connectivity index (χ2n) is 2.80. The zero-order valence-electron chi connectivity index (χ0n) is 8.20. The molecule has 0 unspecified atom stereocenters. The second kappa shape index (κ2) is 4.60. The van der Waals surface area contributed by atoms with Gasteiger partial charge in [0.05, 0.1) is 18.4 Å². The quantitative estimate of drug-likeness (QED) is 0.418. The van der Waals surface area contributed by atoms with Gasteiger partial charge in [-0.15, -0.1) is 0 Å². The Morgan fingerprint density at radius 1 is 1.50 bits per heavy atom. The number of carbonyl (C=O) groups excluding carboxylic acids is 2. The number of esters is 1. The summed E-state index contributed by atoms with van der Waals surface area (Å²) in [5.74, 6) is -0.243. The van der Waals surface area contributed by atoms with Crippen LogP contribution in [0.4, 0.5) is 0 Å². The highest BCUT2D eigenvalue weighted by Gasteiger charge is 2.15. The van der Waals surface area contributed by atoms with Crippen LogP contribution in [0.5, 0.6) is 0 Å². The van der Waals surface area contributed by atoms with Gasteiger partial charge >= 0.3 is 5.97 Å². The fourth-order valence-electron chi connectivity index (χ4n) is 1.11. The number of furan rings is 1. The lowest BCUT2D eigenvalue weighted by Crippen LogP contribution is -2.11. The molecule has 0 aliphatic carbocycles. The van der Waals surface area contributed by atoms with Crippen molar-refractivity contribution in [1.82, 2.24) is 0 Å². The van der Waals surface area contributed by atoms with Gasteiger partial charge in [0, 0.05) is 0 Å². The fourth-order valence-corrected chi connectivity index (χ4v) is 1.11. The van der Waals surface area contributed by atoms with E-state index in [1.165, 1.54) is 6.26 Å². The highest BCUT2D eigenvalue weighted by atomic mass is 16.5. The Morgan fingerprint density at radius 3 is 2.71 bits per heavy atom. The summed E-state index contributed by atoms with van der Waals surface area (Å²) in [6, 6.07) is 1.55. The van der Waals surface area contributed by atoms with Crippen molar-refractivity contribution in [1.29, 1.82) is 0 Å². The third-order valence-corrected chi connectivity index (χ3v) is 1.77. The number of aryl methyl sites for hydroxylation is 1. The molecule has 1 heterocycles. The molecule has 0 bridgehead atoms. The monoisotopic (exact) mass is 196 g/mol. The van der Waals surface area contributed by atoms with E-state index in [9.17, 15) is 9.59 Å². The minimum atomic E-state index is -0.502. The molecule has 0 N–H and O–H groups in total. The highest BCUT2D eigenvalue weighted by molar-refractivity contribution is 6.06. The highest BCUT2D eigenvalue weighted by Crippen LogP contribution is 2.11. The van der Waals surface area contributed by atoms with E-state index in [-0.39, 0.29) is 18.8 Å². The van der Waals surface area contributed by atoms with E-state index in [2.05, 4.69) is 4.74 Å². The first-order chi connectivity index (χ1) is 6.65. The normalized spacial score (nSPS) is 9.86. The Labute approximate surface area is 81.9 Å². The summed E-state index contributed by atoms with van der Waals surface area (Å²) in [4.78, 5) is 22.4. The van der Waals surface area contributed by atoms with E-state index in [4.69, 9.17) is 4.42 Å². The Kier molecular flexibility index (Phi) is 3.45. The zero-order valence-corrected chi connectivity index (χ0v) is 8.20. The first kappa shape index (κ1) is 10.5. The van der Waals surface area contributed by atoms with E-state index >= 15 is 0 Å². The van der Waals surface area contributed by atoms with Crippen molar-refractivity contribution < 1.29 is 18.7 Å². The first-order valence-electron chi connectivity index (χ1n) is 4.38. The van der Waals surface area contributed by atoms with E-state index in [0.29, 0.717) is 11.3 Å². The van der Waals surface area contributed by atoms with Gasteiger partial charge in [-0.1, -0.05) is 0 Å². The Hall–Kier alpha value is -1.58. The Morgan fingerprint density at radius 2 is 2.21 bits per heavy atom. The molecule has 0 radical (unpaired) electrons. The van der Waals surface area contributed by atoms with Crippen LogP contribution in [0.15, 0.2) is 16.7 Å². The molecule has 14 heavy (non-hydrogen) atoms. The number of Topliss-reactive ketones (excluding diaryl/α,β-unsaturated/α-hetero) is 1. The lowest BCUT2D eigenvalue weighted by Gasteiger charge is -1.99. The SMILES string of the molecule is CCOC(=O)CC(=O)c1ccoc1C. The van der Waals surface area contributed by atoms with Crippen LogP contribution in [0, 0.1) is 6.92 Å². The van der Waals surface area contributed by atoms with Crippen LogP contribution in [0.1, 0.15) is 29.5 Å². The van der Waals surface area contributed by atoms with Gasteiger partial charge < -0.3 is 9.15 Å². The van der Waals surface area contributed by atoms with Crippen molar-refractivity contribution in [3.05, 3.63) is 23.7 Å². The van der Waals surface area contributed by atoms with Gasteiger partial charge in [-0.25, -0.2) is 0 Å². The third-order valence-electron chi connectivity index (χ3n) is 1.77. The average Bonchev–Trinajstić information content (AvgIpc) is 2.51. The molecule has 76 valence electrons. The van der Waals surface area contributed by atoms with Crippen molar-refractivity contribution in [2.75, 3.05) is 6.61 Å². The molecule has 0 fully saturated rings. The van der Waals surface area contributed by atoms with Crippen LogP contribution in [0.2, 0.25) is 0 Å². The van der Waals surface area contributed by atoms with Gasteiger partial charge in [-0.2, -0.15) is 0 Å². The number of ketones is 1. The van der Waals surface area contributed by atoms with Crippen LogP contribution >= 0.6 is 0 Å². The topological polar surface area (TPSA) is 56.5 Å². The van der Waals surface area contributed by atoms with Gasteiger partial charge in [0.1, 0.15) is 12.2 Å². The van der Waals surface area contributed by atoms with Gasteiger partial charge in [-0.3, -0.25) is 9.59 Å². The number of rotatable bonds is 4. The van der Waals surface area contributed by atoms with Crippen molar-refractivity contribution in [2.24, 2.45) is 0 Å². The fraction of sp³-hybridized carbons (Fsp3) is 0.400. The van der Waals surface area contributed by atoms with Crippen LogP contribution in [0.25, 0.3) is 0 Å². The summed E-state index contributed by atoms with van der Waals surface area (Å²) in [6.45, 7) is 3.67. The number of carbonyl (C=O) groups is 2. The van der Waals surface area contributed by atoms with Crippen LogP contribution in [0.3, 0.4) is 0 Å². The molecule has 1 rings (SSSR count). The number of hydrogen-bond donors (Lipinski definition) is 0. The summed E-state index contributed by atoms with van der Waals surface area (Å²) in [7, 11) is 0. The molecule has 0 amide bonds. The Balaban J connectivity index is 2.59. The van der Waals surface area contributed by atoms with E-state index < -0.39 is 5.97 Å². The minimum absolute atomic E-state index is 0.228. The summed E-state index contributed by atoms with van der Waals surface area (Å²) in [5, 5.41) is 0. The van der Waals surface area contributed by atoms with E-state index in [1.54, 1.807) is 19.9 Å². The van der Waals surface area contributed by atoms with E-state index in [1.807, 2.05) is 0 Å². The molecule has 0 saturated heterocycles. The van der Waals surface area contributed by atoms with Gasteiger partial charge in [-0.05, 0) is 19.9 Å². The van der Waals surface area contributed by atoms with Crippen LogP contribution < -0.4 is 0 Å². The van der Waals surface area contributed by atoms with Gasteiger partial charge in [0.25, 0.3) is 0 Å². The van der Waals surface area contributed by atoms with Crippen molar-refractivity contribution in [3.8, 4) is 0 Å². The number of hydrogen-bond acceptors (Lipinski definition) is 4. The third kappa shape index (κ3) is 2.45. The predicted octanol–water partition coefficient (Wildman–Crippen LogP) is 1.72. The smallest absolute Gasteiger partial charge is 0.313 e. The second-order valence-corrected chi connectivity index (χ2v) is 2.80. The maximum absolute atomic E-state index is 11.5. The maximum Gasteiger partial charge on any atom is 0.313 e. The van der Waals surface area contributed by atoms with Crippen LogP contribution in [-0.2, 0) is 9.53 Å². The van der Waals surface area contributed by atoms with Gasteiger partial charge in [0.15, 0.2) is 5.78 Å². The predicted molar refractivity (Wildman–Crippen MR) is 49.0 cm³/mol. The maximum atomic E-state index is 11.5. The van der Waals surface area contributed by atoms with Gasteiger partial charge in [0.2, 0.25) is 0 Å². The molecule has 0 aromatic carbocycles. The molecular formula is C10H12O4. The lowest BCUT2D eigenvalue weighted by molar-refractivity contribution is -0.141. The zero-order chi connectivity index (χ0) is 10.6. The molecule has 4 nitrogen and oxygen atoms in total. The summed E-state index contributed by atoms with van der Waals surface area (Å²) >= 11 is 0. The summed E-state index contributed by atoms with van der Waals surface area (Å²) in [5.41, 5.74) is 0.443. The molecule has 4 heteroatoms. The molecular weight excluding hydrogens is 184 g/mol. The Bertz CT molecular complexity index is 338. The molecule has 0 spiro atoms. The lowest BCUT2D eigenvalue weighted by atomic mass is 10.1.